The second-order valence-corrected chi connectivity index (χ2v) is 3.05. The summed E-state index contributed by atoms with van der Waals surface area (Å²) in [5.74, 6) is 1.17. The van der Waals surface area contributed by atoms with E-state index in [1.807, 2.05) is 0 Å². The Morgan fingerprint density at radius 3 is 1.88 bits per heavy atom. The van der Waals surface area contributed by atoms with Crippen molar-refractivity contribution in [1.82, 2.24) is 0 Å². The smallest absolute Gasteiger partial charge is 0.150 e. The van der Waals surface area contributed by atoms with Gasteiger partial charge in [-0.3, -0.25) is 4.79 Å². The van der Waals surface area contributed by atoms with Crippen LogP contribution in [0.2, 0.25) is 0 Å². The van der Waals surface area contributed by atoms with Gasteiger partial charge in [-0.2, -0.15) is 0 Å². The number of carbonyl (C=O) groups excluding carboxylic acids is 1. The lowest BCUT2D eigenvalue weighted by Gasteiger charge is -2.08. The predicted octanol–water partition coefficient (Wildman–Crippen LogP) is 2.63. The van der Waals surface area contributed by atoms with Crippen LogP contribution in [0.15, 0.2) is 43.5 Å². The van der Waals surface area contributed by atoms with Crippen LogP contribution in [0.25, 0.3) is 0 Å². The lowest BCUT2D eigenvalue weighted by molar-refractivity contribution is 0.112. The van der Waals surface area contributed by atoms with E-state index < -0.39 is 0 Å². The van der Waals surface area contributed by atoms with Crippen molar-refractivity contribution in [2.75, 3.05) is 13.2 Å². The number of rotatable bonds is 7. The molecule has 84 valence electrons. The van der Waals surface area contributed by atoms with Crippen LogP contribution in [0, 0.1) is 0 Å². The number of ether oxygens (including phenoxy) is 2. The lowest BCUT2D eigenvalue weighted by Crippen LogP contribution is -1.97. The Labute approximate surface area is 95.0 Å². The standard InChI is InChI=1S/C13H14O3/c1-3-5-15-12-7-11(10-14)8-13(9-12)16-6-4-2/h3-4,7-10H,1-2,5-6H2. The number of carbonyl (C=O) groups is 1. The van der Waals surface area contributed by atoms with Crippen molar-refractivity contribution in [2.24, 2.45) is 0 Å². The molecule has 0 radical (unpaired) electrons. The Bertz CT molecular complexity index is 353. The van der Waals surface area contributed by atoms with Gasteiger partial charge < -0.3 is 9.47 Å². The van der Waals surface area contributed by atoms with Gasteiger partial charge in [-0.05, 0) is 12.1 Å². The van der Waals surface area contributed by atoms with Gasteiger partial charge in [0.15, 0.2) is 0 Å². The van der Waals surface area contributed by atoms with Crippen LogP contribution in [0.4, 0.5) is 0 Å². The first-order chi connectivity index (χ1) is 7.80. The molecule has 0 amide bonds. The Hall–Kier alpha value is -2.03. The van der Waals surface area contributed by atoms with Gasteiger partial charge in [0.1, 0.15) is 31.0 Å². The van der Waals surface area contributed by atoms with Gasteiger partial charge >= 0.3 is 0 Å². The zero-order valence-corrected chi connectivity index (χ0v) is 9.02. The molecule has 0 atom stereocenters. The van der Waals surface area contributed by atoms with Gasteiger partial charge in [0.2, 0.25) is 0 Å². The maximum Gasteiger partial charge on any atom is 0.150 e. The normalized spacial score (nSPS) is 9.25. The minimum Gasteiger partial charge on any atom is -0.489 e. The highest BCUT2D eigenvalue weighted by atomic mass is 16.5. The fraction of sp³-hybridized carbons (Fsp3) is 0.154. The highest BCUT2D eigenvalue weighted by Gasteiger charge is 2.01. The van der Waals surface area contributed by atoms with Crippen LogP contribution >= 0.6 is 0 Å². The molecule has 0 unspecified atom stereocenters. The van der Waals surface area contributed by atoms with E-state index in [4.69, 9.17) is 9.47 Å². The highest BCUT2D eigenvalue weighted by Crippen LogP contribution is 2.22. The summed E-state index contributed by atoms with van der Waals surface area (Å²) in [6, 6.07) is 5.02. The summed E-state index contributed by atoms with van der Waals surface area (Å²) in [4.78, 5) is 10.7. The minimum absolute atomic E-state index is 0.392. The third-order valence-electron chi connectivity index (χ3n) is 1.77. The summed E-state index contributed by atoms with van der Waals surface area (Å²) in [7, 11) is 0. The minimum atomic E-state index is 0.392. The second-order valence-electron chi connectivity index (χ2n) is 3.05. The Morgan fingerprint density at radius 2 is 1.50 bits per heavy atom. The van der Waals surface area contributed by atoms with E-state index in [0.29, 0.717) is 30.3 Å². The molecule has 0 aliphatic carbocycles. The maximum absolute atomic E-state index is 10.7. The summed E-state index contributed by atoms with van der Waals surface area (Å²) < 4.78 is 10.7. The molecule has 0 aromatic heterocycles. The van der Waals surface area contributed by atoms with Gasteiger partial charge in [-0.1, -0.05) is 25.3 Å². The van der Waals surface area contributed by atoms with Gasteiger partial charge in [-0.25, -0.2) is 0 Å². The van der Waals surface area contributed by atoms with Gasteiger partial charge in [0.05, 0.1) is 0 Å². The van der Waals surface area contributed by atoms with Crippen LogP contribution in [0.5, 0.6) is 11.5 Å². The maximum atomic E-state index is 10.7. The molecular weight excluding hydrogens is 204 g/mol. The molecule has 0 spiro atoms. The molecule has 0 saturated carbocycles. The average molecular weight is 218 g/mol. The third-order valence-corrected chi connectivity index (χ3v) is 1.77. The number of hydrogen-bond donors (Lipinski definition) is 0. The van der Waals surface area contributed by atoms with Crippen molar-refractivity contribution < 1.29 is 14.3 Å². The molecule has 1 aromatic rings. The summed E-state index contributed by atoms with van der Waals surface area (Å²) in [6.07, 6.45) is 4.03. The third kappa shape index (κ3) is 3.61. The van der Waals surface area contributed by atoms with Crippen molar-refractivity contribution in [3.8, 4) is 11.5 Å². The topological polar surface area (TPSA) is 35.5 Å². The molecule has 0 N–H and O–H groups in total. The summed E-state index contributed by atoms with van der Waals surface area (Å²) in [6.45, 7) is 7.89. The van der Waals surface area contributed by atoms with Gasteiger partial charge in [-0.15, -0.1) is 0 Å². The van der Waals surface area contributed by atoms with Crippen LogP contribution < -0.4 is 9.47 Å². The Kier molecular flexibility index (Phi) is 4.86. The predicted molar refractivity (Wildman–Crippen MR) is 63.2 cm³/mol. The van der Waals surface area contributed by atoms with E-state index in [-0.39, 0.29) is 0 Å². The molecule has 0 aliphatic heterocycles. The molecule has 3 nitrogen and oxygen atoms in total. The fourth-order valence-electron chi connectivity index (χ4n) is 1.14. The van der Waals surface area contributed by atoms with E-state index >= 15 is 0 Å². The molecule has 0 aliphatic rings. The first-order valence-corrected chi connectivity index (χ1v) is 4.88. The van der Waals surface area contributed by atoms with Crippen molar-refractivity contribution >= 4 is 6.29 Å². The Morgan fingerprint density at radius 1 is 1.00 bits per heavy atom. The Balaban J connectivity index is 2.86. The van der Waals surface area contributed by atoms with Crippen molar-refractivity contribution in [1.29, 1.82) is 0 Å². The molecule has 1 rings (SSSR count). The largest absolute Gasteiger partial charge is 0.489 e. The molecule has 3 heteroatoms. The van der Waals surface area contributed by atoms with Crippen molar-refractivity contribution in [3.63, 3.8) is 0 Å². The van der Waals surface area contributed by atoms with Crippen LogP contribution in [-0.2, 0) is 0 Å². The second kappa shape index (κ2) is 6.45. The van der Waals surface area contributed by atoms with Crippen LogP contribution in [0.1, 0.15) is 10.4 Å². The molecule has 16 heavy (non-hydrogen) atoms. The monoisotopic (exact) mass is 218 g/mol. The zero-order chi connectivity index (χ0) is 11.8. The van der Waals surface area contributed by atoms with Gasteiger partial charge in [0, 0.05) is 11.6 Å². The molecule has 1 aromatic carbocycles. The number of aldehydes is 1. The highest BCUT2D eigenvalue weighted by molar-refractivity contribution is 5.76. The molecule has 0 saturated heterocycles. The van der Waals surface area contributed by atoms with Crippen molar-refractivity contribution in [3.05, 3.63) is 49.1 Å². The van der Waals surface area contributed by atoms with E-state index in [2.05, 4.69) is 13.2 Å². The van der Waals surface area contributed by atoms with E-state index in [0.717, 1.165) is 6.29 Å². The number of hydrogen-bond acceptors (Lipinski definition) is 3. The fourth-order valence-corrected chi connectivity index (χ4v) is 1.14. The van der Waals surface area contributed by atoms with E-state index in [1.165, 1.54) is 0 Å². The quantitative estimate of drug-likeness (QED) is 0.521. The van der Waals surface area contributed by atoms with Crippen LogP contribution in [-0.4, -0.2) is 19.5 Å². The summed E-state index contributed by atoms with van der Waals surface area (Å²) >= 11 is 0. The first kappa shape index (κ1) is 12.0. The summed E-state index contributed by atoms with van der Waals surface area (Å²) in [5, 5.41) is 0. The molecule has 0 bridgehead atoms. The summed E-state index contributed by atoms with van der Waals surface area (Å²) in [5.41, 5.74) is 0.514. The zero-order valence-electron chi connectivity index (χ0n) is 9.02. The average Bonchev–Trinajstić information content (AvgIpc) is 2.33. The van der Waals surface area contributed by atoms with Gasteiger partial charge in [0.25, 0.3) is 0 Å². The van der Waals surface area contributed by atoms with E-state index in [9.17, 15) is 4.79 Å². The molecular formula is C13H14O3. The van der Waals surface area contributed by atoms with E-state index in [1.54, 1.807) is 30.4 Å². The molecule has 0 fully saturated rings. The molecule has 0 heterocycles. The SMILES string of the molecule is C=CCOc1cc(C=O)cc(OCC=C)c1. The van der Waals surface area contributed by atoms with Crippen LogP contribution in [0.3, 0.4) is 0 Å². The first-order valence-electron chi connectivity index (χ1n) is 4.88. The van der Waals surface area contributed by atoms with Crippen molar-refractivity contribution in [2.45, 2.75) is 0 Å². The number of benzene rings is 1. The lowest BCUT2D eigenvalue weighted by atomic mass is 10.2.